The fraction of sp³-hybridized carbons (Fsp3) is 0.538. The van der Waals surface area contributed by atoms with Crippen LogP contribution >= 0.6 is 15.9 Å². The molecule has 1 aliphatic carbocycles. The van der Waals surface area contributed by atoms with Crippen LogP contribution in [0.1, 0.15) is 33.6 Å². The summed E-state index contributed by atoms with van der Waals surface area (Å²) in [5, 5.41) is 0. The van der Waals surface area contributed by atoms with E-state index in [2.05, 4.69) is 15.9 Å². The topological polar surface area (TPSA) is 18.5 Å². The summed E-state index contributed by atoms with van der Waals surface area (Å²) in [6.07, 6.45) is 2.75. The van der Waals surface area contributed by atoms with E-state index < -0.39 is 0 Å². The first-order valence-corrected chi connectivity index (χ1v) is 6.38. The van der Waals surface area contributed by atoms with Gasteiger partial charge in [0.05, 0.1) is 6.10 Å². The van der Waals surface area contributed by atoms with Gasteiger partial charge in [0, 0.05) is 10.5 Å². The maximum atomic E-state index is 5.82. The molecule has 1 aromatic carbocycles. The second kappa shape index (κ2) is 4.28. The second-order valence-corrected chi connectivity index (χ2v) is 6.07. The number of benzene rings is 1. The van der Waals surface area contributed by atoms with Gasteiger partial charge in [0.15, 0.2) is 0 Å². The Balaban J connectivity index is 2.14. The maximum Gasteiger partial charge on any atom is 0.124 e. The minimum Gasteiger partial charge on any atom is -0.490 e. The molecule has 0 aromatic heterocycles. The number of hydrogen-bond acceptors (Lipinski definition) is 2. The van der Waals surface area contributed by atoms with Gasteiger partial charge in [0.25, 0.3) is 0 Å². The summed E-state index contributed by atoms with van der Waals surface area (Å²) in [6, 6.07) is 5.90. The van der Waals surface area contributed by atoms with Crippen LogP contribution < -0.4 is 9.47 Å². The van der Waals surface area contributed by atoms with Crippen molar-refractivity contribution in [2.24, 2.45) is 0 Å². The quantitative estimate of drug-likeness (QED) is 0.830. The summed E-state index contributed by atoms with van der Waals surface area (Å²) in [4.78, 5) is 0. The lowest BCUT2D eigenvalue weighted by Gasteiger charge is -2.21. The average molecular weight is 285 g/mol. The number of ether oxygens (including phenoxy) is 2. The molecule has 0 unspecified atom stereocenters. The molecule has 0 N–H and O–H groups in total. The van der Waals surface area contributed by atoms with Crippen LogP contribution in [-0.4, -0.2) is 11.7 Å². The van der Waals surface area contributed by atoms with Crippen LogP contribution in [0.2, 0.25) is 0 Å². The van der Waals surface area contributed by atoms with Crippen molar-refractivity contribution < 1.29 is 9.47 Å². The van der Waals surface area contributed by atoms with E-state index in [9.17, 15) is 0 Å². The number of hydrogen-bond donors (Lipinski definition) is 0. The van der Waals surface area contributed by atoms with E-state index in [0.29, 0.717) is 6.10 Å². The summed E-state index contributed by atoms with van der Waals surface area (Å²) in [5.74, 6) is 1.73. The fourth-order valence-electron chi connectivity index (χ4n) is 1.40. The standard InChI is InChI=1S/C13H17BrO2/c1-13(2,3)16-12-7-9(14)6-11(8-12)15-10-4-5-10/h6-8,10H,4-5H2,1-3H3. The summed E-state index contributed by atoms with van der Waals surface area (Å²) in [6.45, 7) is 6.11. The van der Waals surface area contributed by atoms with Crippen molar-refractivity contribution in [3.05, 3.63) is 22.7 Å². The average Bonchev–Trinajstić information content (AvgIpc) is 2.82. The van der Waals surface area contributed by atoms with Gasteiger partial charge in [-0.25, -0.2) is 0 Å². The van der Waals surface area contributed by atoms with E-state index in [1.54, 1.807) is 0 Å². The Labute approximate surface area is 105 Å². The normalized spacial score (nSPS) is 16.0. The highest BCUT2D eigenvalue weighted by Gasteiger charge is 2.24. The molecule has 88 valence electrons. The molecule has 0 saturated heterocycles. The van der Waals surface area contributed by atoms with Crippen molar-refractivity contribution in [2.75, 3.05) is 0 Å². The van der Waals surface area contributed by atoms with E-state index in [-0.39, 0.29) is 5.60 Å². The summed E-state index contributed by atoms with van der Waals surface area (Å²) < 4.78 is 12.6. The zero-order valence-corrected chi connectivity index (χ0v) is 11.5. The highest BCUT2D eigenvalue weighted by molar-refractivity contribution is 9.10. The smallest absolute Gasteiger partial charge is 0.124 e. The highest BCUT2D eigenvalue weighted by Crippen LogP contribution is 2.32. The minimum atomic E-state index is -0.183. The second-order valence-electron chi connectivity index (χ2n) is 5.15. The van der Waals surface area contributed by atoms with Crippen molar-refractivity contribution in [2.45, 2.75) is 45.3 Å². The van der Waals surface area contributed by atoms with Crippen molar-refractivity contribution in [3.63, 3.8) is 0 Å². The molecule has 0 radical (unpaired) electrons. The molecule has 16 heavy (non-hydrogen) atoms. The van der Waals surface area contributed by atoms with Gasteiger partial charge in [-0.05, 0) is 45.7 Å². The minimum absolute atomic E-state index is 0.183. The molecule has 2 nitrogen and oxygen atoms in total. The van der Waals surface area contributed by atoms with Gasteiger partial charge in [0.2, 0.25) is 0 Å². The number of rotatable bonds is 3. The Bertz CT molecular complexity index is 378. The van der Waals surface area contributed by atoms with Crippen molar-refractivity contribution in [1.29, 1.82) is 0 Å². The lowest BCUT2D eigenvalue weighted by Crippen LogP contribution is -2.22. The SMILES string of the molecule is CC(C)(C)Oc1cc(Br)cc(OC2CC2)c1. The first kappa shape index (κ1) is 11.8. The molecule has 2 rings (SSSR count). The Morgan fingerprint density at radius 2 is 1.75 bits per heavy atom. The van der Waals surface area contributed by atoms with Crippen molar-refractivity contribution in [3.8, 4) is 11.5 Å². The van der Waals surface area contributed by atoms with Gasteiger partial charge in [-0.1, -0.05) is 15.9 Å². The van der Waals surface area contributed by atoms with Gasteiger partial charge in [-0.15, -0.1) is 0 Å². The van der Waals surface area contributed by atoms with E-state index >= 15 is 0 Å². The zero-order chi connectivity index (χ0) is 11.8. The Kier molecular flexibility index (Phi) is 3.15. The van der Waals surface area contributed by atoms with Crippen LogP contribution in [0.25, 0.3) is 0 Å². The molecule has 0 heterocycles. The molecule has 0 bridgehead atoms. The predicted molar refractivity (Wildman–Crippen MR) is 68.2 cm³/mol. The van der Waals surface area contributed by atoms with Crippen molar-refractivity contribution in [1.82, 2.24) is 0 Å². The summed E-state index contributed by atoms with van der Waals surface area (Å²) in [7, 11) is 0. The van der Waals surface area contributed by atoms with E-state index in [1.807, 2.05) is 39.0 Å². The van der Waals surface area contributed by atoms with Crippen LogP contribution in [0.5, 0.6) is 11.5 Å². The first-order chi connectivity index (χ1) is 7.42. The Hall–Kier alpha value is -0.700. The molecule has 0 amide bonds. The van der Waals surface area contributed by atoms with Crippen LogP contribution in [0, 0.1) is 0 Å². The first-order valence-electron chi connectivity index (χ1n) is 5.59. The van der Waals surface area contributed by atoms with Crippen LogP contribution in [0.15, 0.2) is 22.7 Å². The molecular weight excluding hydrogens is 268 g/mol. The molecule has 1 aliphatic rings. The molecular formula is C13H17BrO2. The fourth-order valence-corrected chi connectivity index (χ4v) is 1.85. The molecule has 3 heteroatoms. The van der Waals surface area contributed by atoms with Crippen LogP contribution in [-0.2, 0) is 0 Å². The van der Waals surface area contributed by atoms with E-state index in [4.69, 9.17) is 9.47 Å². The van der Waals surface area contributed by atoms with E-state index in [1.165, 1.54) is 12.8 Å². The lowest BCUT2D eigenvalue weighted by molar-refractivity contribution is 0.130. The predicted octanol–water partition coefficient (Wildman–Crippen LogP) is 4.17. The molecule has 1 saturated carbocycles. The van der Waals surface area contributed by atoms with Gasteiger partial charge in [-0.3, -0.25) is 0 Å². The van der Waals surface area contributed by atoms with Gasteiger partial charge in [0.1, 0.15) is 17.1 Å². The third-order valence-electron chi connectivity index (χ3n) is 2.10. The summed E-state index contributed by atoms with van der Waals surface area (Å²) >= 11 is 3.47. The molecule has 0 aliphatic heterocycles. The zero-order valence-electron chi connectivity index (χ0n) is 9.92. The monoisotopic (exact) mass is 284 g/mol. The third kappa shape index (κ3) is 3.71. The highest BCUT2D eigenvalue weighted by atomic mass is 79.9. The number of halogens is 1. The molecule has 0 atom stereocenters. The lowest BCUT2D eigenvalue weighted by atomic mass is 10.2. The Morgan fingerprint density at radius 1 is 1.12 bits per heavy atom. The maximum absolute atomic E-state index is 5.82. The van der Waals surface area contributed by atoms with Crippen molar-refractivity contribution >= 4 is 15.9 Å². The van der Waals surface area contributed by atoms with E-state index in [0.717, 1.165) is 16.0 Å². The van der Waals surface area contributed by atoms with Gasteiger partial charge < -0.3 is 9.47 Å². The molecule has 1 fully saturated rings. The Morgan fingerprint density at radius 3 is 2.31 bits per heavy atom. The van der Waals surface area contributed by atoms with Crippen LogP contribution in [0.3, 0.4) is 0 Å². The molecule has 0 spiro atoms. The summed E-state index contributed by atoms with van der Waals surface area (Å²) in [5.41, 5.74) is -0.183. The van der Waals surface area contributed by atoms with Crippen LogP contribution in [0.4, 0.5) is 0 Å². The largest absolute Gasteiger partial charge is 0.490 e. The van der Waals surface area contributed by atoms with Gasteiger partial charge in [-0.2, -0.15) is 0 Å². The third-order valence-corrected chi connectivity index (χ3v) is 2.55. The van der Waals surface area contributed by atoms with Gasteiger partial charge >= 0.3 is 0 Å². The molecule has 1 aromatic rings.